The van der Waals surface area contributed by atoms with Crippen LogP contribution in [0.1, 0.15) is 18.6 Å². The number of carbonyl (C=O) groups excluding carboxylic acids is 1. The minimum atomic E-state index is -0.124. The molecule has 2 atom stereocenters. The van der Waals surface area contributed by atoms with E-state index in [-0.39, 0.29) is 18.2 Å². The minimum absolute atomic E-state index is 0.0406. The highest BCUT2D eigenvalue weighted by Gasteiger charge is 2.40. The smallest absolute Gasteiger partial charge is 0.221 e. The first-order chi connectivity index (χ1) is 15.1. The summed E-state index contributed by atoms with van der Waals surface area (Å²) in [6, 6.07) is 23.6. The summed E-state index contributed by atoms with van der Waals surface area (Å²) in [6.07, 6.45) is 1.64. The van der Waals surface area contributed by atoms with Gasteiger partial charge in [-0.1, -0.05) is 48.0 Å². The van der Waals surface area contributed by atoms with E-state index in [0.717, 1.165) is 39.0 Å². The molecule has 4 aromatic rings. The average Bonchev–Trinajstić information content (AvgIpc) is 3.54. The van der Waals surface area contributed by atoms with Gasteiger partial charge in [-0.05, 0) is 47.3 Å². The largest absolute Gasteiger partial charge is 0.358 e. The lowest BCUT2D eigenvalue weighted by Gasteiger charge is -2.11. The van der Waals surface area contributed by atoms with Gasteiger partial charge >= 0.3 is 0 Å². The van der Waals surface area contributed by atoms with Gasteiger partial charge in [0.1, 0.15) is 6.10 Å². The van der Waals surface area contributed by atoms with Crippen LogP contribution in [0.5, 0.6) is 0 Å². The van der Waals surface area contributed by atoms with E-state index in [0.29, 0.717) is 5.02 Å². The number of amides is 1. The van der Waals surface area contributed by atoms with Crippen molar-refractivity contribution in [1.82, 2.24) is 4.98 Å². The molecule has 5 nitrogen and oxygen atoms in total. The number of halogens is 1. The van der Waals surface area contributed by atoms with Crippen LogP contribution < -0.4 is 10.6 Å². The molecule has 31 heavy (non-hydrogen) atoms. The van der Waals surface area contributed by atoms with Crippen molar-refractivity contribution in [2.45, 2.75) is 19.3 Å². The molecule has 154 valence electrons. The molecule has 1 amide bonds. The van der Waals surface area contributed by atoms with Gasteiger partial charge < -0.3 is 15.4 Å². The number of anilines is 2. The number of ether oxygens (including phenoxy) is 1. The van der Waals surface area contributed by atoms with E-state index in [9.17, 15) is 4.79 Å². The second-order valence-electron chi connectivity index (χ2n) is 7.50. The third-order valence-corrected chi connectivity index (χ3v) is 5.58. The van der Waals surface area contributed by atoms with Gasteiger partial charge in [-0.25, -0.2) is 0 Å². The average molecular weight is 430 g/mol. The summed E-state index contributed by atoms with van der Waals surface area (Å²) in [6.45, 7) is 1.49. The van der Waals surface area contributed by atoms with Crippen LogP contribution >= 0.6 is 11.6 Å². The number of epoxide rings is 1. The normalized spacial score (nSPS) is 17.4. The number of nitrogens with one attached hydrogen (secondary N) is 2. The van der Waals surface area contributed by atoms with Crippen LogP contribution in [0.15, 0.2) is 79.0 Å². The molecular formula is C25H20ClN3O2. The second kappa shape index (κ2) is 8.02. The van der Waals surface area contributed by atoms with Crippen molar-refractivity contribution in [3.8, 4) is 11.3 Å². The van der Waals surface area contributed by atoms with Gasteiger partial charge in [-0.3, -0.25) is 9.78 Å². The SMILES string of the molecule is CC(=O)Nc1ccc(C2OC2Nc2ccc(Cl)c(-c3nccc4ccccc34)c2)cc1. The molecule has 5 rings (SSSR count). The van der Waals surface area contributed by atoms with Crippen LogP contribution in [-0.2, 0) is 9.53 Å². The number of benzene rings is 3. The first kappa shape index (κ1) is 19.5. The molecule has 2 unspecified atom stereocenters. The molecule has 1 saturated heterocycles. The number of pyridine rings is 1. The van der Waals surface area contributed by atoms with Crippen molar-refractivity contribution in [2.75, 3.05) is 10.6 Å². The molecule has 1 aromatic heterocycles. The fraction of sp³-hybridized carbons (Fsp3) is 0.120. The molecular weight excluding hydrogens is 410 g/mol. The summed E-state index contributed by atoms with van der Waals surface area (Å²) < 4.78 is 5.83. The molecule has 0 saturated carbocycles. The van der Waals surface area contributed by atoms with Crippen molar-refractivity contribution >= 4 is 39.7 Å². The van der Waals surface area contributed by atoms with Gasteiger partial charge in [0, 0.05) is 35.4 Å². The van der Waals surface area contributed by atoms with Crippen molar-refractivity contribution in [3.05, 3.63) is 89.6 Å². The molecule has 1 aliphatic heterocycles. The molecule has 0 radical (unpaired) electrons. The summed E-state index contributed by atoms with van der Waals surface area (Å²) in [5, 5.41) is 9.02. The van der Waals surface area contributed by atoms with Crippen LogP contribution in [0.4, 0.5) is 11.4 Å². The molecule has 0 aliphatic carbocycles. The van der Waals surface area contributed by atoms with E-state index >= 15 is 0 Å². The Kier molecular flexibility index (Phi) is 5.06. The van der Waals surface area contributed by atoms with Crippen molar-refractivity contribution in [1.29, 1.82) is 0 Å². The van der Waals surface area contributed by atoms with Crippen LogP contribution in [0.3, 0.4) is 0 Å². The van der Waals surface area contributed by atoms with E-state index in [1.807, 2.05) is 60.7 Å². The van der Waals surface area contributed by atoms with E-state index < -0.39 is 0 Å². The number of carbonyl (C=O) groups is 1. The number of hydrogen-bond donors (Lipinski definition) is 2. The van der Waals surface area contributed by atoms with Gasteiger partial charge in [0.2, 0.25) is 5.91 Å². The second-order valence-corrected chi connectivity index (χ2v) is 7.91. The van der Waals surface area contributed by atoms with Crippen molar-refractivity contribution in [2.24, 2.45) is 0 Å². The standard InChI is InChI=1S/C25H20ClN3O2/c1-15(30)28-18-8-6-17(7-9-18)24-25(31-24)29-19-10-11-22(26)21(14-19)23-20-5-3-2-4-16(20)12-13-27-23/h2-14,24-25,29H,1H3,(H,28,30). The number of rotatable bonds is 5. The molecule has 3 aromatic carbocycles. The molecule has 6 heteroatoms. The maximum absolute atomic E-state index is 11.2. The third kappa shape index (κ3) is 4.10. The van der Waals surface area contributed by atoms with Crippen LogP contribution in [0.2, 0.25) is 5.02 Å². The Balaban J connectivity index is 1.35. The Labute approximate surface area is 185 Å². The number of aromatic nitrogens is 1. The summed E-state index contributed by atoms with van der Waals surface area (Å²) >= 11 is 6.53. The zero-order valence-electron chi connectivity index (χ0n) is 16.8. The lowest BCUT2D eigenvalue weighted by Crippen LogP contribution is -2.06. The van der Waals surface area contributed by atoms with Gasteiger partial charge in [0.15, 0.2) is 6.23 Å². The molecule has 1 aliphatic rings. The monoisotopic (exact) mass is 429 g/mol. The predicted molar refractivity (Wildman–Crippen MR) is 124 cm³/mol. The quantitative estimate of drug-likeness (QED) is 0.380. The number of hydrogen-bond acceptors (Lipinski definition) is 4. The highest BCUT2D eigenvalue weighted by atomic mass is 35.5. The Morgan fingerprint density at radius 3 is 2.58 bits per heavy atom. The summed E-state index contributed by atoms with van der Waals surface area (Å²) in [4.78, 5) is 15.8. The van der Waals surface area contributed by atoms with E-state index in [4.69, 9.17) is 16.3 Å². The summed E-state index contributed by atoms with van der Waals surface area (Å²) in [5.41, 5.74) is 4.47. The Morgan fingerprint density at radius 2 is 1.77 bits per heavy atom. The molecule has 2 heterocycles. The third-order valence-electron chi connectivity index (χ3n) is 5.26. The van der Waals surface area contributed by atoms with E-state index in [2.05, 4.69) is 27.8 Å². The first-order valence-electron chi connectivity index (χ1n) is 10.0. The first-order valence-corrected chi connectivity index (χ1v) is 10.4. The molecule has 1 fully saturated rings. The molecule has 0 spiro atoms. The minimum Gasteiger partial charge on any atom is -0.358 e. The van der Waals surface area contributed by atoms with E-state index in [1.54, 1.807) is 6.20 Å². The predicted octanol–water partition coefficient (Wildman–Crippen LogP) is 6.02. The van der Waals surface area contributed by atoms with Gasteiger partial charge in [-0.2, -0.15) is 0 Å². The van der Waals surface area contributed by atoms with Gasteiger partial charge in [0.05, 0.1) is 10.7 Å². The van der Waals surface area contributed by atoms with Gasteiger partial charge in [-0.15, -0.1) is 0 Å². The lowest BCUT2D eigenvalue weighted by molar-refractivity contribution is -0.114. The summed E-state index contributed by atoms with van der Waals surface area (Å²) in [7, 11) is 0. The zero-order valence-corrected chi connectivity index (χ0v) is 17.6. The van der Waals surface area contributed by atoms with Crippen LogP contribution in [0, 0.1) is 0 Å². The van der Waals surface area contributed by atoms with Crippen molar-refractivity contribution in [3.63, 3.8) is 0 Å². The zero-order chi connectivity index (χ0) is 21.4. The van der Waals surface area contributed by atoms with Gasteiger partial charge in [0.25, 0.3) is 0 Å². The Hall–Kier alpha value is -3.41. The Bertz CT molecular complexity index is 1270. The fourth-order valence-electron chi connectivity index (χ4n) is 3.73. The lowest BCUT2D eigenvalue weighted by atomic mass is 10.0. The summed E-state index contributed by atoms with van der Waals surface area (Å²) in [5.74, 6) is -0.0887. The van der Waals surface area contributed by atoms with E-state index in [1.165, 1.54) is 6.92 Å². The highest BCUT2D eigenvalue weighted by Crippen LogP contribution is 2.41. The highest BCUT2D eigenvalue weighted by molar-refractivity contribution is 6.33. The fourth-order valence-corrected chi connectivity index (χ4v) is 3.94. The Morgan fingerprint density at radius 1 is 1.00 bits per heavy atom. The van der Waals surface area contributed by atoms with Crippen LogP contribution in [0.25, 0.3) is 22.0 Å². The maximum atomic E-state index is 11.2. The molecule has 0 bridgehead atoms. The topological polar surface area (TPSA) is 66.6 Å². The molecule has 2 N–H and O–H groups in total. The van der Waals surface area contributed by atoms with Crippen LogP contribution in [-0.4, -0.2) is 17.1 Å². The maximum Gasteiger partial charge on any atom is 0.221 e. The van der Waals surface area contributed by atoms with Crippen molar-refractivity contribution < 1.29 is 9.53 Å². The number of nitrogens with zero attached hydrogens (tertiary/aromatic N) is 1. The number of fused-ring (bicyclic) bond motifs is 1.